The molecule has 0 bridgehead atoms. The summed E-state index contributed by atoms with van der Waals surface area (Å²) in [5, 5.41) is 0. The second-order valence-electron chi connectivity index (χ2n) is 8.91. The van der Waals surface area contributed by atoms with E-state index < -0.39 is 0 Å². The number of carbonyl (C=O) groups excluding carboxylic acids is 1. The topological polar surface area (TPSA) is 47.9 Å². The van der Waals surface area contributed by atoms with Gasteiger partial charge in [0.15, 0.2) is 0 Å². The third-order valence-electron chi connectivity index (χ3n) is 6.37. The normalized spacial score (nSPS) is 22.4. The van der Waals surface area contributed by atoms with Crippen LogP contribution in [-0.2, 0) is 11.3 Å². The standard InChI is InChI=1S/C21H38N6O/c1-23(2)14-15-26-13-9-22-21(26)18-6-5-10-27(16-18)20(28)17-25(4)19-7-11-24(3)12-8-19/h9,13,18-19H,5-8,10-12,14-17H2,1-4H3/t18-/m1/s1. The molecule has 0 aromatic carbocycles. The van der Waals surface area contributed by atoms with Crippen LogP contribution in [0.1, 0.15) is 37.4 Å². The van der Waals surface area contributed by atoms with Gasteiger partial charge in [0.2, 0.25) is 5.91 Å². The summed E-state index contributed by atoms with van der Waals surface area (Å²) < 4.78 is 2.27. The number of hydrogen-bond acceptors (Lipinski definition) is 5. The molecule has 0 N–H and O–H groups in total. The van der Waals surface area contributed by atoms with Gasteiger partial charge in [0.1, 0.15) is 5.82 Å². The van der Waals surface area contributed by atoms with Crippen molar-refractivity contribution < 1.29 is 4.79 Å². The molecule has 0 unspecified atom stereocenters. The quantitative estimate of drug-likeness (QED) is 0.700. The van der Waals surface area contributed by atoms with Gasteiger partial charge in [-0.2, -0.15) is 0 Å². The van der Waals surface area contributed by atoms with Crippen LogP contribution in [0.3, 0.4) is 0 Å². The molecular weight excluding hydrogens is 352 g/mol. The number of likely N-dealkylation sites (tertiary alicyclic amines) is 2. The molecule has 1 aromatic heterocycles. The molecule has 0 radical (unpaired) electrons. The van der Waals surface area contributed by atoms with Gasteiger partial charge in [0.25, 0.3) is 0 Å². The second-order valence-corrected chi connectivity index (χ2v) is 8.91. The van der Waals surface area contributed by atoms with Gasteiger partial charge in [-0.1, -0.05) is 0 Å². The number of likely N-dealkylation sites (N-methyl/N-ethyl adjacent to an activating group) is 2. The number of hydrogen-bond donors (Lipinski definition) is 0. The summed E-state index contributed by atoms with van der Waals surface area (Å²) in [6, 6.07) is 0.533. The Hall–Kier alpha value is -1.44. The fourth-order valence-electron chi connectivity index (χ4n) is 4.47. The minimum atomic E-state index is 0.275. The van der Waals surface area contributed by atoms with E-state index in [1.54, 1.807) is 0 Å². The number of amides is 1. The first-order valence-corrected chi connectivity index (χ1v) is 10.8. The van der Waals surface area contributed by atoms with Gasteiger partial charge in [-0.05, 0) is 67.0 Å². The van der Waals surface area contributed by atoms with Crippen molar-refractivity contribution in [3.8, 4) is 0 Å². The first kappa shape index (κ1) is 21.3. The Morgan fingerprint density at radius 1 is 1.18 bits per heavy atom. The van der Waals surface area contributed by atoms with Crippen LogP contribution in [0.15, 0.2) is 12.4 Å². The van der Waals surface area contributed by atoms with Crippen LogP contribution in [-0.4, -0.2) is 109 Å². The first-order valence-electron chi connectivity index (χ1n) is 10.8. The van der Waals surface area contributed by atoms with Gasteiger partial charge in [-0.3, -0.25) is 9.69 Å². The number of aromatic nitrogens is 2. The third kappa shape index (κ3) is 5.55. The van der Waals surface area contributed by atoms with Crippen molar-refractivity contribution in [2.45, 2.75) is 44.2 Å². The van der Waals surface area contributed by atoms with E-state index in [9.17, 15) is 4.79 Å². The monoisotopic (exact) mass is 390 g/mol. The summed E-state index contributed by atoms with van der Waals surface area (Å²) >= 11 is 0. The van der Waals surface area contributed by atoms with E-state index in [1.165, 1.54) is 0 Å². The molecule has 28 heavy (non-hydrogen) atoms. The average Bonchev–Trinajstić information content (AvgIpc) is 3.15. The van der Waals surface area contributed by atoms with Crippen molar-refractivity contribution >= 4 is 5.91 Å². The van der Waals surface area contributed by atoms with E-state index in [0.717, 1.165) is 70.8 Å². The largest absolute Gasteiger partial charge is 0.341 e. The van der Waals surface area contributed by atoms with Crippen LogP contribution in [0.4, 0.5) is 0 Å². The number of rotatable bonds is 7. The molecule has 7 nitrogen and oxygen atoms in total. The minimum absolute atomic E-state index is 0.275. The molecular formula is C21H38N6O. The van der Waals surface area contributed by atoms with Crippen LogP contribution >= 0.6 is 0 Å². The number of carbonyl (C=O) groups is 1. The Bertz CT molecular complexity index is 622. The molecule has 1 atom stereocenters. The Labute approximate surface area is 170 Å². The highest BCUT2D eigenvalue weighted by Crippen LogP contribution is 2.26. The lowest BCUT2D eigenvalue weighted by Gasteiger charge is -2.37. The number of piperidine rings is 2. The molecule has 0 saturated carbocycles. The summed E-state index contributed by atoms with van der Waals surface area (Å²) in [4.78, 5) is 26.5. The first-order chi connectivity index (χ1) is 13.4. The van der Waals surface area contributed by atoms with Crippen molar-refractivity contribution in [1.29, 1.82) is 0 Å². The van der Waals surface area contributed by atoms with Crippen molar-refractivity contribution in [2.75, 3.05) is 67.5 Å². The molecule has 1 aromatic rings. The van der Waals surface area contributed by atoms with Gasteiger partial charge in [-0.15, -0.1) is 0 Å². The van der Waals surface area contributed by atoms with E-state index in [0.29, 0.717) is 18.5 Å². The third-order valence-corrected chi connectivity index (χ3v) is 6.37. The zero-order valence-corrected chi connectivity index (χ0v) is 18.2. The smallest absolute Gasteiger partial charge is 0.236 e. The van der Waals surface area contributed by atoms with Crippen LogP contribution < -0.4 is 0 Å². The van der Waals surface area contributed by atoms with Crippen LogP contribution in [0.5, 0.6) is 0 Å². The lowest BCUT2D eigenvalue weighted by atomic mass is 9.97. The molecule has 2 saturated heterocycles. The van der Waals surface area contributed by atoms with E-state index in [1.807, 2.05) is 6.20 Å². The van der Waals surface area contributed by atoms with Gasteiger partial charge < -0.3 is 19.3 Å². The summed E-state index contributed by atoms with van der Waals surface area (Å²) in [5.74, 6) is 1.77. The molecule has 0 aliphatic carbocycles. The highest BCUT2D eigenvalue weighted by Gasteiger charge is 2.29. The Balaban J connectivity index is 1.54. The van der Waals surface area contributed by atoms with Crippen molar-refractivity contribution in [3.05, 3.63) is 18.2 Å². The zero-order valence-electron chi connectivity index (χ0n) is 18.2. The molecule has 7 heteroatoms. The van der Waals surface area contributed by atoms with Crippen molar-refractivity contribution in [1.82, 2.24) is 29.2 Å². The molecule has 3 heterocycles. The van der Waals surface area contributed by atoms with Gasteiger partial charge in [0.05, 0.1) is 6.54 Å². The summed E-state index contributed by atoms with van der Waals surface area (Å²) in [5.41, 5.74) is 0. The Morgan fingerprint density at radius 3 is 2.64 bits per heavy atom. The van der Waals surface area contributed by atoms with Gasteiger partial charge in [0, 0.05) is 50.5 Å². The van der Waals surface area contributed by atoms with E-state index in [2.05, 4.69) is 63.5 Å². The molecule has 1 amide bonds. The molecule has 2 fully saturated rings. The van der Waals surface area contributed by atoms with Crippen molar-refractivity contribution in [2.24, 2.45) is 0 Å². The fraction of sp³-hybridized carbons (Fsp3) is 0.810. The Kier molecular flexibility index (Phi) is 7.48. The summed E-state index contributed by atoms with van der Waals surface area (Å²) in [7, 11) is 8.48. The van der Waals surface area contributed by atoms with E-state index in [-0.39, 0.29) is 5.91 Å². The summed E-state index contributed by atoms with van der Waals surface area (Å²) in [6.07, 6.45) is 8.48. The fourth-order valence-corrected chi connectivity index (χ4v) is 4.47. The predicted molar refractivity (Wildman–Crippen MR) is 112 cm³/mol. The Morgan fingerprint density at radius 2 is 1.93 bits per heavy atom. The molecule has 3 rings (SSSR count). The van der Waals surface area contributed by atoms with E-state index >= 15 is 0 Å². The zero-order chi connectivity index (χ0) is 20.1. The van der Waals surface area contributed by atoms with Gasteiger partial charge >= 0.3 is 0 Å². The van der Waals surface area contributed by atoms with Crippen LogP contribution in [0.25, 0.3) is 0 Å². The van der Waals surface area contributed by atoms with Crippen LogP contribution in [0, 0.1) is 0 Å². The lowest BCUT2D eigenvalue weighted by Crippen LogP contribution is -2.48. The lowest BCUT2D eigenvalue weighted by molar-refractivity contribution is -0.134. The van der Waals surface area contributed by atoms with Gasteiger partial charge in [-0.25, -0.2) is 4.98 Å². The SMILES string of the molecule is CN(C)CCn1ccnc1[C@@H]1CCCN(C(=O)CN(C)C2CCN(C)CC2)C1. The number of imidazole rings is 1. The predicted octanol–water partition coefficient (Wildman–Crippen LogP) is 1.18. The molecule has 158 valence electrons. The number of nitrogens with zero attached hydrogens (tertiary/aromatic N) is 6. The average molecular weight is 391 g/mol. The molecule has 2 aliphatic rings. The van der Waals surface area contributed by atoms with Crippen molar-refractivity contribution in [3.63, 3.8) is 0 Å². The second kappa shape index (κ2) is 9.85. The van der Waals surface area contributed by atoms with E-state index in [4.69, 9.17) is 0 Å². The maximum Gasteiger partial charge on any atom is 0.236 e. The maximum atomic E-state index is 13.0. The minimum Gasteiger partial charge on any atom is -0.341 e. The highest BCUT2D eigenvalue weighted by atomic mass is 16.2. The molecule has 2 aliphatic heterocycles. The maximum absolute atomic E-state index is 13.0. The molecule has 0 spiro atoms. The summed E-state index contributed by atoms with van der Waals surface area (Å²) in [6.45, 7) is 6.44. The van der Waals surface area contributed by atoms with Crippen LogP contribution in [0.2, 0.25) is 0 Å². The highest BCUT2D eigenvalue weighted by molar-refractivity contribution is 5.78.